The topological polar surface area (TPSA) is 22.3 Å². The quantitative estimate of drug-likeness (QED) is 0.0976. The van der Waals surface area contributed by atoms with E-state index in [1.54, 1.807) is 0 Å². The molecule has 216 valence electrons. The molecule has 43 heavy (non-hydrogen) atoms. The molecule has 0 fully saturated rings. The zero-order chi connectivity index (χ0) is 30.5. The van der Waals surface area contributed by atoms with Gasteiger partial charge in [-0.05, 0) is 72.8 Å². The molecular weight excluding hydrogens is 674 g/mol. The van der Waals surface area contributed by atoms with Gasteiger partial charge in [-0.1, -0.05) is 116 Å². The second-order valence-corrected chi connectivity index (χ2v) is 14.1. The minimum absolute atomic E-state index is 0.877. The summed E-state index contributed by atoms with van der Waals surface area (Å²) in [4.78, 5) is 0. The first-order valence-electron chi connectivity index (χ1n) is 13.7. The summed E-state index contributed by atoms with van der Waals surface area (Å²) in [5, 5.41) is 15.8. The van der Waals surface area contributed by atoms with Gasteiger partial charge in [0.1, 0.15) is 31.8 Å². The molecule has 6 aromatic rings. The number of rotatable bonds is 6. The summed E-state index contributed by atoms with van der Waals surface area (Å²) in [7, 11) is 2.73. The molecule has 0 saturated heterocycles. The minimum Gasteiger partial charge on any atom is -0.0620 e. The van der Waals surface area contributed by atoms with Crippen LogP contribution in [0.25, 0.3) is 5.41 Å². The van der Waals surface area contributed by atoms with E-state index in [4.69, 9.17) is 5.41 Å². The van der Waals surface area contributed by atoms with E-state index in [1.165, 1.54) is 37.7 Å². The number of benzene rings is 6. The number of nitrogens with zero attached hydrogens (tertiary/aromatic N) is 1. The van der Waals surface area contributed by atoms with E-state index in [1.807, 2.05) is 0 Å². The summed E-state index contributed by atoms with van der Waals surface area (Å²) in [6.07, 6.45) is 0. The standard InChI is InChI=1S/2C18H15P.C2H2N.ClH.Pd/c2*1-4-10-16(11-5-1)19(17-12-6-2-7-13-17)18-14-8-3-9-15-18;1-2-3;;/h2*1-15H;1H2;1H;/q;;-1;;+2/p+1. The van der Waals surface area contributed by atoms with Crippen molar-refractivity contribution >= 4 is 63.1 Å². The maximum Gasteiger partial charge on any atom is 0.102 e. The van der Waals surface area contributed by atoms with Crippen molar-refractivity contribution in [3.8, 4) is 0 Å². The minimum atomic E-state index is -0.877. The maximum atomic E-state index is 7.21. The van der Waals surface area contributed by atoms with Crippen LogP contribution in [0.3, 0.4) is 0 Å². The second kappa shape index (κ2) is 20.5. The van der Waals surface area contributed by atoms with E-state index in [0.717, 1.165) is 0 Å². The van der Waals surface area contributed by atoms with Crippen LogP contribution in [-0.4, -0.2) is 5.87 Å². The Balaban J connectivity index is 0.000000205. The van der Waals surface area contributed by atoms with Gasteiger partial charge in [0.05, 0.1) is 15.8 Å². The molecule has 0 aromatic heterocycles. The van der Waals surface area contributed by atoms with Gasteiger partial charge in [0.15, 0.2) is 0 Å². The average Bonchev–Trinajstić information content (AvgIpc) is 3.10. The van der Waals surface area contributed by atoms with E-state index in [2.05, 4.69) is 216 Å². The molecule has 0 saturated carbocycles. The summed E-state index contributed by atoms with van der Waals surface area (Å²) < 4.78 is 0. The Hall–Kier alpha value is -3.42. The molecule has 0 spiro atoms. The van der Waals surface area contributed by atoms with Crippen LogP contribution in [0.2, 0.25) is 0 Å². The molecule has 0 aliphatic carbocycles. The first kappa shape index (κ1) is 34.1. The van der Waals surface area contributed by atoms with Crippen molar-refractivity contribution in [2.24, 2.45) is 0 Å². The Morgan fingerprint density at radius 3 is 0.605 bits per heavy atom. The number of halogens is 1. The van der Waals surface area contributed by atoms with Gasteiger partial charge in [-0.25, -0.2) is 0 Å². The molecule has 0 atom stereocenters. The van der Waals surface area contributed by atoms with Gasteiger partial charge < -0.3 is 5.41 Å². The fourth-order valence-corrected chi connectivity index (χ4v) is 9.78. The van der Waals surface area contributed by atoms with E-state index < -0.39 is 15.8 Å². The Morgan fingerprint density at radius 1 is 0.372 bits per heavy atom. The third-order valence-electron chi connectivity index (χ3n) is 6.37. The van der Waals surface area contributed by atoms with Crippen LogP contribution in [0.15, 0.2) is 189 Å². The Labute approximate surface area is 273 Å². The van der Waals surface area contributed by atoms with Crippen molar-refractivity contribution in [2.45, 2.75) is 0 Å². The third-order valence-corrected chi connectivity index (χ3v) is 11.8. The van der Waals surface area contributed by atoms with Gasteiger partial charge in [0.25, 0.3) is 0 Å². The molecule has 6 aromatic carbocycles. The number of hydrogen-bond donors (Lipinski definition) is 0. The third kappa shape index (κ3) is 11.0. The Morgan fingerprint density at radius 2 is 0.488 bits per heavy atom. The van der Waals surface area contributed by atoms with Crippen LogP contribution < -0.4 is 31.8 Å². The van der Waals surface area contributed by atoms with Crippen molar-refractivity contribution in [3.05, 3.63) is 194 Å². The predicted octanol–water partition coefficient (Wildman–Crippen LogP) is 7.45. The van der Waals surface area contributed by atoms with Gasteiger partial charge >= 0.3 is 27.7 Å². The fraction of sp³-hybridized carbons (Fsp3) is 0. The zero-order valence-corrected chi connectivity index (χ0v) is 28.0. The van der Waals surface area contributed by atoms with Gasteiger partial charge in [-0.2, -0.15) is 0 Å². The van der Waals surface area contributed by atoms with Crippen molar-refractivity contribution in [1.82, 2.24) is 0 Å². The molecule has 0 amide bonds. The van der Waals surface area contributed by atoms with Crippen LogP contribution in [0.4, 0.5) is 0 Å². The van der Waals surface area contributed by atoms with Gasteiger partial charge in [0, 0.05) is 0 Å². The molecule has 0 aliphatic heterocycles. The molecule has 0 radical (unpaired) electrons. The van der Waals surface area contributed by atoms with Crippen molar-refractivity contribution < 1.29 is 18.2 Å². The molecule has 0 bridgehead atoms. The SMILES string of the molecule is C=C=[N-].[Cl][Pd+].c1ccc([PH+](c2ccccc2)c2ccccc2)cc1.c1ccc([PH+](c2ccccc2)c2ccccc2)cc1. The largest absolute Gasteiger partial charge is 0.102 e. The molecule has 0 N–H and O–H groups in total. The first-order chi connectivity index (χ1) is 21.3. The van der Waals surface area contributed by atoms with Crippen LogP contribution in [0.1, 0.15) is 0 Å². The zero-order valence-electron chi connectivity index (χ0n) is 23.7. The van der Waals surface area contributed by atoms with Crippen LogP contribution >= 0.6 is 25.4 Å². The summed E-state index contributed by atoms with van der Waals surface area (Å²) in [6, 6.07) is 65.0. The van der Waals surface area contributed by atoms with Crippen molar-refractivity contribution in [3.63, 3.8) is 0 Å². The molecule has 0 aliphatic rings. The fourth-order valence-electron chi connectivity index (χ4n) is 4.63. The smallest absolute Gasteiger partial charge is 0.0620 e. The van der Waals surface area contributed by atoms with Crippen molar-refractivity contribution in [2.75, 3.05) is 0 Å². The van der Waals surface area contributed by atoms with Gasteiger partial charge in [-0.15, -0.1) is 0 Å². The average molecular weight is 709 g/mol. The van der Waals surface area contributed by atoms with E-state index in [9.17, 15) is 0 Å². The molecule has 1 nitrogen and oxygen atoms in total. The number of hydrogen-bond acceptors (Lipinski definition) is 0. The second-order valence-electron chi connectivity index (χ2n) is 9.10. The predicted molar refractivity (Wildman–Crippen MR) is 193 cm³/mol. The van der Waals surface area contributed by atoms with E-state index >= 15 is 0 Å². The van der Waals surface area contributed by atoms with E-state index in [0.29, 0.717) is 0 Å². The monoisotopic (exact) mass is 707 g/mol. The Bertz CT molecular complexity index is 1280. The summed E-state index contributed by atoms with van der Waals surface area (Å²) in [5.41, 5.74) is 0. The summed E-state index contributed by atoms with van der Waals surface area (Å²) >= 11 is 2.22. The van der Waals surface area contributed by atoms with Crippen LogP contribution in [-0.2, 0) is 18.2 Å². The summed E-state index contributed by atoms with van der Waals surface area (Å²) in [6.45, 7) is 2.79. The molecule has 6 rings (SSSR count). The van der Waals surface area contributed by atoms with Gasteiger partial charge in [0.2, 0.25) is 0 Å². The van der Waals surface area contributed by atoms with Crippen LogP contribution in [0, 0.1) is 0 Å². The first-order valence-corrected chi connectivity index (χ1v) is 18.7. The van der Waals surface area contributed by atoms with Crippen LogP contribution in [0.5, 0.6) is 0 Å². The molecule has 5 heteroatoms. The molecule has 0 heterocycles. The maximum absolute atomic E-state index is 7.21. The Kier molecular flexibility index (Phi) is 16.2. The summed E-state index contributed by atoms with van der Waals surface area (Å²) in [5.74, 6) is 1.50. The van der Waals surface area contributed by atoms with E-state index in [-0.39, 0.29) is 0 Å². The normalized spacial score (nSPS) is 9.70. The van der Waals surface area contributed by atoms with Crippen molar-refractivity contribution in [1.29, 1.82) is 0 Å². The van der Waals surface area contributed by atoms with Gasteiger partial charge in [-0.3, -0.25) is 5.87 Å². The molecule has 0 unspecified atom stereocenters. The molecular formula is C38H34ClNP2Pd+2.